The molecule has 150 valence electrons. The number of hydrogen-bond acceptors (Lipinski definition) is 5. The first-order valence-corrected chi connectivity index (χ1v) is 11.2. The van der Waals surface area contributed by atoms with Gasteiger partial charge in [0, 0.05) is 11.3 Å². The second-order valence-corrected chi connectivity index (χ2v) is 8.12. The van der Waals surface area contributed by atoms with E-state index < -0.39 is 13.7 Å². The minimum atomic E-state index is -3.47. The summed E-state index contributed by atoms with van der Waals surface area (Å²) in [6, 6.07) is 9.30. The molecule has 0 aliphatic heterocycles. The van der Waals surface area contributed by atoms with Gasteiger partial charge in [-0.2, -0.15) is 0 Å². The van der Waals surface area contributed by atoms with Gasteiger partial charge in [-0.05, 0) is 51.3 Å². The lowest BCUT2D eigenvalue weighted by molar-refractivity contribution is 0.153. The quantitative estimate of drug-likeness (QED) is 0.475. The largest absolute Gasteiger partial charge is 0.449 e. The summed E-state index contributed by atoms with van der Waals surface area (Å²) in [6.07, 6.45) is 0.901. The van der Waals surface area contributed by atoms with Crippen LogP contribution in [0.25, 0.3) is 10.9 Å². The van der Waals surface area contributed by atoms with Gasteiger partial charge >= 0.3 is 6.09 Å². The highest BCUT2D eigenvalue weighted by Gasteiger charge is 2.23. The van der Waals surface area contributed by atoms with Gasteiger partial charge in [-0.25, -0.2) is 9.36 Å². The number of ether oxygens (including phenoxy) is 1. The molecule has 0 radical (unpaired) electrons. The molecule has 8 heteroatoms. The van der Waals surface area contributed by atoms with Crippen LogP contribution in [0.2, 0.25) is 0 Å². The Morgan fingerprint density at radius 3 is 2.41 bits per heavy atom. The van der Waals surface area contributed by atoms with Gasteiger partial charge in [-0.3, -0.25) is 0 Å². The van der Waals surface area contributed by atoms with Crippen LogP contribution >= 0.6 is 19.2 Å². The van der Waals surface area contributed by atoms with Crippen molar-refractivity contribution in [2.75, 3.05) is 25.7 Å². The number of aromatic nitrogens is 1. The third-order valence-electron chi connectivity index (χ3n) is 3.95. The number of aryl methyl sites for hydroxylation is 1. The van der Waals surface area contributed by atoms with Gasteiger partial charge in [0.15, 0.2) is 0 Å². The molecule has 0 saturated heterocycles. The molecule has 27 heavy (non-hydrogen) atoms. The van der Waals surface area contributed by atoms with Crippen LogP contribution in [0.1, 0.15) is 32.8 Å². The average molecular weight is 416 g/mol. The topological polar surface area (TPSA) is 69.9 Å². The second kappa shape index (κ2) is 10.3. The van der Waals surface area contributed by atoms with E-state index in [9.17, 15) is 9.69 Å². The number of fused-ring (bicyclic) bond motifs is 1. The molecule has 2 aromatic rings. The molecule has 1 N–H and O–H groups in total. The van der Waals surface area contributed by atoms with Crippen LogP contribution in [0.3, 0.4) is 0 Å². The SMILES string of the molecule is CCOC(=O)n1c(=P(O)(OCC)OCC)cc(CCCCl)c2ccccc21. The molecule has 1 aromatic heterocycles. The monoisotopic (exact) mass is 415 g/mol. The molecule has 0 aliphatic carbocycles. The maximum atomic E-state index is 12.8. The van der Waals surface area contributed by atoms with E-state index in [0.29, 0.717) is 17.8 Å². The van der Waals surface area contributed by atoms with Gasteiger partial charge < -0.3 is 18.7 Å². The Labute approximate surface area is 164 Å². The van der Waals surface area contributed by atoms with Crippen molar-refractivity contribution in [2.45, 2.75) is 33.6 Å². The van der Waals surface area contributed by atoms with Crippen LogP contribution in [0.4, 0.5) is 4.79 Å². The summed E-state index contributed by atoms with van der Waals surface area (Å²) in [5.41, 5.74) is 1.61. The molecule has 0 bridgehead atoms. The predicted octanol–water partition coefficient (Wildman–Crippen LogP) is 5.18. The van der Waals surface area contributed by atoms with Gasteiger partial charge in [0.1, 0.15) is 5.07 Å². The lowest BCUT2D eigenvalue weighted by Crippen LogP contribution is -2.18. The zero-order valence-corrected chi connectivity index (χ0v) is 17.6. The Balaban J connectivity index is 2.99. The lowest BCUT2D eigenvalue weighted by Gasteiger charge is -2.22. The number of alkyl halides is 1. The molecule has 0 atom stereocenters. The first kappa shape index (κ1) is 22.0. The Kier molecular flexibility index (Phi) is 8.39. The second-order valence-electron chi connectivity index (χ2n) is 5.73. The Morgan fingerprint density at radius 1 is 1.15 bits per heavy atom. The first-order valence-electron chi connectivity index (χ1n) is 9.13. The van der Waals surface area contributed by atoms with Gasteiger partial charge in [-0.15, -0.1) is 11.6 Å². The molecule has 0 spiro atoms. The van der Waals surface area contributed by atoms with Crippen LogP contribution in [0.15, 0.2) is 30.3 Å². The number of carbonyl (C=O) groups is 1. The molecule has 0 amide bonds. The average Bonchev–Trinajstić information content (AvgIpc) is 2.66. The molecule has 2 rings (SSSR count). The Bertz CT molecular complexity index is 870. The van der Waals surface area contributed by atoms with E-state index in [1.807, 2.05) is 24.3 Å². The molecule has 0 saturated carbocycles. The highest BCUT2D eigenvalue weighted by Crippen LogP contribution is 2.49. The lowest BCUT2D eigenvalue weighted by atomic mass is 10.0. The van der Waals surface area contributed by atoms with Crippen molar-refractivity contribution in [3.05, 3.63) is 41.0 Å². The fourth-order valence-corrected chi connectivity index (χ4v) is 4.87. The van der Waals surface area contributed by atoms with Gasteiger partial charge in [-0.1, -0.05) is 18.2 Å². The highest BCUT2D eigenvalue weighted by molar-refractivity contribution is 7.52. The summed E-state index contributed by atoms with van der Waals surface area (Å²) < 4.78 is 17.9. The summed E-state index contributed by atoms with van der Waals surface area (Å²) in [5, 5.41) is 1.19. The third kappa shape index (κ3) is 4.95. The number of halogens is 1. The zero-order chi connectivity index (χ0) is 19.9. The molecular formula is C19H27ClNO5P. The maximum absolute atomic E-state index is 12.8. The van der Waals surface area contributed by atoms with Crippen molar-refractivity contribution in [1.82, 2.24) is 4.57 Å². The summed E-state index contributed by atoms with van der Waals surface area (Å²) in [7, 11) is -3.47. The highest BCUT2D eigenvalue weighted by atomic mass is 35.5. The van der Waals surface area contributed by atoms with Crippen molar-refractivity contribution < 1.29 is 23.5 Å². The number of carbonyl (C=O) groups excluding carboxylic acids is 1. The minimum Gasteiger partial charge on any atom is -0.449 e. The normalized spacial score (nSPS) is 11.7. The summed E-state index contributed by atoms with van der Waals surface area (Å²) in [4.78, 5) is 24.0. The van der Waals surface area contributed by atoms with E-state index in [4.69, 9.17) is 25.4 Å². The first-order chi connectivity index (χ1) is 13.0. The van der Waals surface area contributed by atoms with Crippen LogP contribution in [0, 0.1) is 5.07 Å². The number of nitrogens with zero attached hydrogens (tertiary/aromatic N) is 1. The number of pyridine rings is 1. The van der Waals surface area contributed by atoms with Crippen molar-refractivity contribution >= 4 is 36.2 Å². The van der Waals surface area contributed by atoms with Crippen molar-refractivity contribution in [1.29, 1.82) is 0 Å². The van der Waals surface area contributed by atoms with Crippen LogP contribution in [0.5, 0.6) is 0 Å². The van der Waals surface area contributed by atoms with Crippen LogP contribution < -0.4 is 0 Å². The number of rotatable bonds is 8. The maximum Gasteiger partial charge on any atom is 0.419 e. The van der Waals surface area contributed by atoms with Gasteiger partial charge in [0.2, 0.25) is 0 Å². The van der Waals surface area contributed by atoms with Gasteiger partial charge in [0.25, 0.3) is 7.57 Å². The standard InChI is InChI=1S/C19H27ClNO5P/c1-4-24-19(22)21-17-12-8-7-11-16(17)15(10-9-13-20)14-18(21)27(23,25-5-2)26-6-3/h7-8,11-12,14,23H,4-6,9-10,13H2,1-3H3. The van der Waals surface area contributed by atoms with Crippen molar-refractivity contribution in [3.8, 4) is 0 Å². The molecule has 0 unspecified atom stereocenters. The number of para-hydroxylation sites is 1. The minimum absolute atomic E-state index is 0.216. The molecule has 1 aromatic carbocycles. The number of hydrogen-bond donors (Lipinski definition) is 1. The van der Waals surface area contributed by atoms with Crippen molar-refractivity contribution in [2.24, 2.45) is 0 Å². The van der Waals surface area contributed by atoms with E-state index >= 15 is 0 Å². The predicted molar refractivity (Wildman–Crippen MR) is 109 cm³/mol. The van der Waals surface area contributed by atoms with E-state index in [0.717, 1.165) is 17.4 Å². The van der Waals surface area contributed by atoms with Crippen LogP contribution in [-0.2, 0) is 20.2 Å². The smallest absolute Gasteiger partial charge is 0.419 e. The molecule has 0 aliphatic rings. The fourth-order valence-electron chi connectivity index (χ4n) is 2.93. The molecular weight excluding hydrogens is 389 g/mol. The summed E-state index contributed by atoms with van der Waals surface area (Å²) >= 11 is 5.88. The van der Waals surface area contributed by atoms with Crippen molar-refractivity contribution in [3.63, 3.8) is 0 Å². The van der Waals surface area contributed by atoms with Gasteiger partial charge in [0.05, 0.1) is 25.3 Å². The Morgan fingerprint density at radius 2 is 1.81 bits per heavy atom. The number of benzene rings is 1. The molecule has 1 heterocycles. The summed E-state index contributed by atoms with van der Waals surface area (Å²) in [5.74, 6) is 0.521. The van der Waals surface area contributed by atoms with Crippen LogP contribution in [-0.4, -0.2) is 41.3 Å². The molecule has 0 fully saturated rings. The zero-order valence-electron chi connectivity index (χ0n) is 16.0. The Hall–Kier alpha value is -1.30. The third-order valence-corrected chi connectivity index (χ3v) is 6.34. The van der Waals surface area contributed by atoms with E-state index in [1.54, 1.807) is 26.8 Å². The van der Waals surface area contributed by atoms with E-state index in [-0.39, 0.29) is 24.9 Å². The fraction of sp³-hybridized carbons (Fsp3) is 0.474. The van der Waals surface area contributed by atoms with E-state index in [1.165, 1.54) is 4.57 Å². The molecule has 6 nitrogen and oxygen atoms in total. The van der Waals surface area contributed by atoms with E-state index in [2.05, 4.69) is 0 Å². The summed E-state index contributed by atoms with van der Waals surface area (Å²) in [6.45, 7) is 5.99.